The van der Waals surface area contributed by atoms with E-state index in [2.05, 4.69) is 10.3 Å². The van der Waals surface area contributed by atoms with E-state index in [1.165, 1.54) is 0 Å². The molecule has 16 heavy (non-hydrogen) atoms. The number of fused-ring (bicyclic) bond motifs is 1. The van der Waals surface area contributed by atoms with E-state index in [0.29, 0.717) is 0 Å². The third-order valence-electron chi connectivity index (χ3n) is 2.93. The SMILES string of the molecule is CC(CO)NC(=O)C1CCCn2ccnc21. The number of hydrogen-bond acceptors (Lipinski definition) is 3. The number of rotatable bonds is 3. The van der Waals surface area contributed by atoms with Gasteiger partial charge >= 0.3 is 0 Å². The van der Waals surface area contributed by atoms with E-state index in [1.54, 1.807) is 13.1 Å². The van der Waals surface area contributed by atoms with Crippen LogP contribution in [0.2, 0.25) is 0 Å². The van der Waals surface area contributed by atoms with Crippen LogP contribution in [0.1, 0.15) is 31.5 Å². The topological polar surface area (TPSA) is 67.2 Å². The van der Waals surface area contributed by atoms with Gasteiger partial charge in [-0.25, -0.2) is 4.98 Å². The highest BCUT2D eigenvalue weighted by atomic mass is 16.3. The maximum absolute atomic E-state index is 12.0. The highest BCUT2D eigenvalue weighted by molar-refractivity contribution is 5.83. The molecule has 2 heterocycles. The fourth-order valence-electron chi connectivity index (χ4n) is 2.05. The van der Waals surface area contributed by atoms with Crippen LogP contribution in [0.4, 0.5) is 0 Å². The maximum atomic E-state index is 12.0. The van der Waals surface area contributed by atoms with E-state index < -0.39 is 0 Å². The van der Waals surface area contributed by atoms with Crippen LogP contribution in [0.15, 0.2) is 12.4 Å². The van der Waals surface area contributed by atoms with Gasteiger partial charge in [-0.3, -0.25) is 4.79 Å². The molecule has 0 saturated carbocycles. The van der Waals surface area contributed by atoms with E-state index in [0.717, 1.165) is 25.2 Å². The van der Waals surface area contributed by atoms with Crippen LogP contribution >= 0.6 is 0 Å². The van der Waals surface area contributed by atoms with Gasteiger partial charge in [-0.15, -0.1) is 0 Å². The van der Waals surface area contributed by atoms with Crippen LogP contribution in [0, 0.1) is 0 Å². The van der Waals surface area contributed by atoms with Crippen LogP contribution in [0.3, 0.4) is 0 Å². The zero-order valence-corrected chi connectivity index (χ0v) is 9.39. The molecule has 1 aliphatic rings. The average Bonchev–Trinajstić information content (AvgIpc) is 2.76. The quantitative estimate of drug-likeness (QED) is 0.772. The molecule has 88 valence electrons. The van der Waals surface area contributed by atoms with Crippen LogP contribution in [-0.2, 0) is 11.3 Å². The number of aliphatic hydroxyl groups excluding tert-OH is 1. The Hall–Kier alpha value is -1.36. The Bertz CT molecular complexity index is 375. The molecule has 0 spiro atoms. The normalized spacial score (nSPS) is 21.2. The van der Waals surface area contributed by atoms with Crippen LogP contribution in [-0.4, -0.2) is 33.2 Å². The number of aliphatic hydroxyl groups is 1. The second-order valence-corrected chi connectivity index (χ2v) is 4.27. The molecule has 0 aromatic carbocycles. The highest BCUT2D eigenvalue weighted by Crippen LogP contribution is 2.25. The van der Waals surface area contributed by atoms with E-state index in [9.17, 15) is 4.79 Å². The molecule has 5 heteroatoms. The number of amides is 1. The lowest BCUT2D eigenvalue weighted by molar-refractivity contribution is -0.124. The lowest BCUT2D eigenvalue weighted by atomic mass is 9.98. The minimum absolute atomic E-state index is 0.0336. The summed E-state index contributed by atoms with van der Waals surface area (Å²) in [5.74, 6) is 0.639. The fourth-order valence-corrected chi connectivity index (χ4v) is 2.05. The van der Waals surface area contributed by atoms with E-state index >= 15 is 0 Å². The van der Waals surface area contributed by atoms with E-state index in [-0.39, 0.29) is 24.5 Å². The zero-order valence-electron chi connectivity index (χ0n) is 9.39. The molecule has 5 nitrogen and oxygen atoms in total. The van der Waals surface area contributed by atoms with E-state index in [1.807, 2.05) is 10.8 Å². The summed E-state index contributed by atoms with van der Waals surface area (Å²) in [6, 6.07) is -0.196. The van der Waals surface area contributed by atoms with Gasteiger partial charge < -0.3 is 15.0 Å². The lowest BCUT2D eigenvalue weighted by Crippen LogP contribution is -2.40. The Morgan fingerprint density at radius 1 is 1.81 bits per heavy atom. The van der Waals surface area contributed by atoms with Crippen molar-refractivity contribution in [2.75, 3.05) is 6.61 Å². The Kier molecular flexibility index (Phi) is 3.24. The number of aromatic nitrogens is 2. The predicted octanol–water partition coefficient (Wildman–Crippen LogP) is 0.257. The van der Waals surface area contributed by atoms with Gasteiger partial charge in [-0.2, -0.15) is 0 Å². The molecular formula is C11H17N3O2. The van der Waals surface area contributed by atoms with Gasteiger partial charge in [-0.1, -0.05) is 0 Å². The molecule has 2 atom stereocenters. The first-order valence-corrected chi connectivity index (χ1v) is 5.64. The molecule has 1 aromatic heterocycles. The number of carbonyl (C=O) groups is 1. The van der Waals surface area contributed by atoms with Crippen molar-refractivity contribution in [3.63, 3.8) is 0 Å². The summed E-state index contributed by atoms with van der Waals surface area (Å²) in [6.45, 7) is 2.69. The zero-order chi connectivity index (χ0) is 11.5. The smallest absolute Gasteiger partial charge is 0.231 e. The molecule has 0 fully saturated rings. The monoisotopic (exact) mass is 223 g/mol. The summed E-state index contributed by atoms with van der Waals surface area (Å²) in [7, 11) is 0. The summed E-state index contributed by atoms with van der Waals surface area (Å²) < 4.78 is 2.03. The summed E-state index contributed by atoms with van der Waals surface area (Å²) in [4.78, 5) is 16.2. The predicted molar refractivity (Wildman–Crippen MR) is 58.9 cm³/mol. The van der Waals surface area contributed by atoms with Crippen LogP contribution < -0.4 is 5.32 Å². The van der Waals surface area contributed by atoms with Gasteiger partial charge in [0.15, 0.2) is 0 Å². The third kappa shape index (κ3) is 2.09. The lowest BCUT2D eigenvalue weighted by Gasteiger charge is -2.23. The third-order valence-corrected chi connectivity index (χ3v) is 2.93. The number of carbonyl (C=O) groups excluding carboxylic acids is 1. The van der Waals surface area contributed by atoms with Crippen molar-refractivity contribution in [2.24, 2.45) is 0 Å². The summed E-state index contributed by atoms with van der Waals surface area (Å²) in [6.07, 6.45) is 5.47. The van der Waals surface area contributed by atoms with Gasteiger partial charge in [0.1, 0.15) is 5.82 Å². The first kappa shape index (κ1) is 11.1. The standard InChI is InChI=1S/C11H17N3O2/c1-8(7-15)13-11(16)9-3-2-5-14-6-4-12-10(9)14/h4,6,8-9,15H,2-3,5,7H2,1H3,(H,13,16). The second-order valence-electron chi connectivity index (χ2n) is 4.27. The van der Waals surface area contributed by atoms with Gasteiger partial charge in [0.25, 0.3) is 0 Å². The van der Waals surface area contributed by atoms with Gasteiger partial charge in [0.2, 0.25) is 5.91 Å². The molecule has 2 unspecified atom stereocenters. The van der Waals surface area contributed by atoms with Crippen molar-refractivity contribution in [2.45, 2.75) is 38.3 Å². The molecule has 2 N–H and O–H groups in total. The minimum Gasteiger partial charge on any atom is -0.394 e. The summed E-state index contributed by atoms with van der Waals surface area (Å²) >= 11 is 0. The van der Waals surface area contributed by atoms with Gasteiger partial charge in [-0.05, 0) is 19.8 Å². The maximum Gasteiger partial charge on any atom is 0.231 e. The van der Waals surface area contributed by atoms with Crippen molar-refractivity contribution in [1.29, 1.82) is 0 Å². The second kappa shape index (κ2) is 4.65. The molecule has 0 radical (unpaired) electrons. The Labute approximate surface area is 94.5 Å². The van der Waals surface area contributed by atoms with Crippen molar-refractivity contribution < 1.29 is 9.90 Å². The number of imidazole rings is 1. The highest BCUT2D eigenvalue weighted by Gasteiger charge is 2.28. The fraction of sp³-hybridized carbons (Fsp3) is 0.636. The van der Waals surface area contributed by atoms with Crippen LogP contribution in [0.5, 0.6) is 0 Å². The number of nitrogens with zero attached hydrogens (tertiary/aromatic N) is 2. The van der Waals surface area contributed by atoms with Crippen molar-refractivity contribution in [3.05, 3.63) is 18.2 Å². The summed E-state index contributed by atoms with van der Waals surface area (Å²) in [5, 5.41) is 11.7. The van der Waals surface area contributed by atoms with Gasteiger partial charge in [0.05, 0.1) is 12.5 Å². The molecular weight excluding hydrogens is 206 g/mol. The van der Waals surface area contributed by atoms with E-state index in [4.69, 9.17) is 5.11 Å². The largest absolute Gasteiger partial charge is 0.394 e. The number of aryl methyl sites for hydroxylation is 1. The molecule has 1 amide bonds. The molecule has 2 rings (SSSR count). The molecule has 1 aliphatic heterocycles. The number of nitrogens with one attached hydrogen (secondary N) is 1. The Morgan fingerprint density at radius 3 is 3.38 bits per heavy atom. The average molecular weight is 223 g/mol. The van der Waals surface area contributed by atoms with Crippen molar-refractivity contribution >= 4 is 5.91 Å². The van der Waals surface area contributed by atoms with Crippen molar-refractivity contribution in [3.8, 4) is 0 Å². The summed E-state index contributed by atoms with van der Waals surface area (Å²) in [5.41, 5.74) is 0. The van der Waals surface area contributed by atoms with Gasteiger partial charge in [0, 0.05) is 25.0 Å². The Balaban J connectivity index is 2.09. The molecule has 0 aliphatic carbocycles. The number of hydrogen-bond donors (Lipinski definition) is 2. The Morgan fingerprint density at radius 2 is 2.62 bits per heavy atom. The minimum atomic E-state index is -0.196. The molecule has 1 aromatic rings. The molecule has 0 saturated heterocycles. The van der Waals surface area contributed by atoms with Crippen LogP contribution in [0.25, 0.3) is 0 Å². The molecule has 0 bridgehead atoms. The van der Waals surface area contributed by atoms with Crippen molar-refractivity contribution in [1.82, 2.24) is 14.9 Å². The first-order valence-electron chi connectivity index (χ1n) is 5.64. The first-order chi connectivity index (χ1) is 7.72.